The first kappa shape index (κ1) is 15.8. The number of aryl methyl sites for hydroxylation is 4. The Kier molecular flexibility index (Phi) is 4.86. The van der Waals surface area contributed by atoms with Crippen molar-refractivity contribution < 1.29 is 0 Å². The van der Waals surface area contributed by atoms with Gasteiger partial charge in [0, 0.05) is 24.0 Å². The largest absolute Gasteiger partial charge is 0.269 e. The summed E-state index contributed by atoms with van der Waals surface area (Å²) >= 11 is 0. The van der Waals surface area contributed by atoms with E-state index in [9.17, 15) is 0 Å². The Morgan fingerprint density at radius 2 is 1.67 bits per heavy atom. The monoisotopic (exact) mass is 288 g/mol. The number of hydrogen-bond acceptors (Lipinski definition) is 2. The van der Waals surface area contributed by atoms with Crippen LogP contribution in [-0.2, 0) is 13.0 Å². The lowest BCUT2D eigenvalue weighted by atomic mass is 10.1. The molecule has 0 aliphatic rings. The highest BCUT2D eigenvalue weighted by molar-refractivity contribution is 5.13. The van der Waals surface area contributed by atoms with Crippen molar-refractivity contribution in [3.8, 4) is 0 Å². The molecule has 0 fully saturated rings. The van der Waals surface area contributed by atoms with E-state index >= 15 is 0 Å². The molecule has 0 radical (unpaired) electrons. The van der Waals surface area contributed by atoms with Crippen LogP contribution in [0, 0.1) is 13.8 Å². The summed E-state index contributed by atoms with van der Waals surface area (Å²) < 4.78 is 4.32. The van der Waals surface area contributed by atoms with Gasteiger partial charge in [0.25, 0.3) is 0 Å². The van der Waals surface area contributed by atoms with Gasteiger partial charge in [-0.15, -0.1) is 0 Å². The molecule has 0 spiro atoms. The van der Waals surface area contributed by atoms with Crippen molar-refractivity contribution in [1.82, 2.24) is 19.6 Å². The maximum Gasteiger partial charge on any atom is 0.0596 e. The van der Waals surface area contributed by atoms with Crippen molar-refractivity contribution >= 4 is 0 Å². The Morgan fingerprint density at radius 1 is 1.00 bits per heavy atom. The predicted molar refractivity (Wildman–Crippen MR) is 86.7 cm³/mol. The van der Waals surface area contributed by atoms with Crippen molar-refractivity contribution in [2.75, 3.05) is 0 Å². The minimum absolute atomic E-state index is 0.423. The minimum atomic E-state index is 0.423. The fraction of sp³-hybridized carbons (Fsp3) is 0.647. The Balaban J connectivity index is 2.02. The van der Waals surface area contributed by atoms with E-state index < -0.39 is 0 Å². The number of hydrogen-bond donors (Lipinski definition) is 0. The topological polar surface area (TPSA) is 35.6 Å². The summed E-state index contributed by atoms with van der Waals surface area (Å²) in [6.07, 6.45) is 2.15. The maximum atomic E-state index is 4.62. The molecule has 0 aromatic carbocycles. The molecule has 0 saturated heterocycles. The summed E-state index contributed by atoms with van der Waals surface area (Å²) in [6, 6.07) is 4.83. The van der Waals surface area contributed by atoms with Gasteiger partial charge in [0.15, 0.2) is 0 Å². The molecule has 2 aromatic rings. The van der Waals surface area contributed by atoms with Gasteiger partial charge in [-0.2, -0.15) is 10.2 Å². The second kappa shape index (κ2) is 6.46. The zero-order valence-electron chi connectivity index (χ0n) is 14.2. The van der Waals surface area contributed by atoms with Crippen LogP contribution in [0.1, 0.15) is 68.9 Å². The van der Waals surface area contributed by atoms with Gasteiger partial charge in [-0.3, -0.25) is 9.36 Å². The lowest BCUT2D eigenvalue weighted by Crippen LogP contribution is -2.10. The van der Waals surface area contributed by atoms with E-state index in [2.05, 4.69) is 73.2 Å². The average Bonchev–Trinajstić information content (AvgIpc) is 2.93. The number of rotatable bonds is 6. The normalized spacial score (nSPS) is 11.8. The lowest BCUT2D eigenvalue weighted by Gasteiger charge is -2.12. The van der Waals surface area contributed by atoms with E-state index in [1.54, 1.807) is 0 Å². The van der Waals surface area contributed by atoms with Gasteiger partial charge < -0.3 is 0 Å². The first-order valence-electron chi connectivity index (χ1n) is 7.98. The lowest BCUT2D eigenvalue weighted by molar-refractivity contribution is 0.486. The molecule has 0 amide bonds. The van der Waals surface area contributed by atoms with E-state index in [1.165, 1.54) is 11.4 Å². The second-order valence-electron chi connectivity index (χ2n) is 6.51. The molecule has 0 aliphatic heterocycles. The molecule has 21 heavy (non-hydrogen) atoms. The zero-order valence-corrected chi connectivity index (χ0v) is 14.2. The van der Waals surface area contributed by atoms with Gasteiger partial charge in [-0.25, -0.2) is 0 Å². The van der Waals surface area contributed by atoms with E-state index in [0.717, 1.165) is 30.8 Å². The summed E-state index contributed by atoms with van der Waals surface area (Å²) in [6.45, 7) is 13.9. The molecular formula is C17H28N4. The molecule has 2 rings (SSSR count). The van der Waals surface area contributed by atoms with Crippen LogP contribution in [0.15, 0.2) is 12.1 Å². The molecule has 2 heterocycles. The molecule has 116 valence electrons. The van der Waals surface area contributed by atoms with E-state index in [-0.39, 0.29) is 0 Å². The zero-order chi connectivity index (χ0) is 15.6. The predicted octanol–water partition coefficient (Wildman–Crippen LogP) is 4.03. The molecule has 0 aliphatic carbocycles. The van der Waals surface area contributed by atoms with Gasteiger partial charge in [0.1, 0.15) is 0 Å². The third-order valence-electron chi connectivity index (χ3n) is 3.75. The van der Waals surface area contributed by atoms with Crippen molar-refractivity contribution in [2.45, 2.75) is 72.9 Å². The standard InChI is InChI=1S/C17H28N4/c1-12(2)17-11-15(6)18-20(17)9-7-8-16-10-14(5)19-21(16)13(3)4/h10-13H,7-9H2,1-6H3. The second-order valence-corrected chi connectivity index (χ2v) is 6.51. The van der Waals surface area contributed by atoms with Crippen molar-refractivity contribution in [2.24, 2.45) is 0 Å². The van der Waals surface area contributed by atoms with Crippen molar-refractivity contribution in [1.29, 1.82) is 0 Å². The molecule has 4 heteroatoms. The fourth-order valence-electron chi connectivity index (χ4n) is 2.82. The third kappa shape index (κ3) is 3.74. The van der Waals surface area contributed by atoms with Gasteiger partial charge >= 0.3 is 0 Å². The summed E-state index contributed by atoms with van der Waals surface area (Å²) in [7, 11) is 0. The van der Waals surface area contributed by atoms with E-state index in [1.807, 2.05) is 0 Å². The molecule has 2 aromatic heterocycles. The Morgan fingerprint density at radius 3 is 2.29 bits per heavy atom. The molecule has 0 atom stereocenters. The SMILES string of the molecule is Cc1cc(C(C)C)n(CCCc2cc(C)nn2C(C)C)n1. The highest BCUT2D eigenvalue weighted by Gasteiger charge is 2.11. The molecule has 0 bridgehead atoms. The Hall–Kier alpha value is -1.58. The van der Waals surface area contributed by atoms with Crippen LogP contribution in [0.5, 0.6) is 0 Å². The van der Waals surface area contributed by atoms with Gasteiger partial charge in [0.05, 0.1) is 11.4 Å². The highest BCUT2D eigenvalue weighted by Crippen LogP contribution is 2.17. The summed E-state index contributed by atoms with van der Waals surface area (Å²) in [4.78, 5) is 0. The molecule has 0 saturated carbocycles. The Labute approximate surface area is 128 Å². The Bertz CT molecular complexity index is 538. The van der Waals surface area contributed by atoms with E-state index in [0.29, 0.717) is 12.0 Å². The number of nitrogens with zero attached hydrogens (tertiary/aromatic N) is 4. The van der Waals surface area contributed by atoms with Crippen LogP contribution in [0.2, 0.25) is 0 Å². The van der Waals surface area contributed by atoms with Crippen LogP contribution in [-0.4, -0.2) is 19.6 Å². The molecule has 4 nitrogen and oxygen atoms in total. The van der Waals surface area contributed by atoms with Gasteiger partial charge in [-0.1, -0.05) is 13.8 Å². The van der Waals surface area contributed by atoms with E-state index in [4.69, 9.17) is 0 Å². The van der Waals surface area contributed by atoms with Crippen molar-refractivity contribution in [3.05, 3.63) is 34.9 Å². The molecule has 0 unspecified atom stereocenters. The average molecular weight is 288 g/mol. The summed E-state index contributed by atoms with van der Waals surface area (Å²) in [5, 5.41) is 9.20. The summed E-state index contributed by atoms with van der Waals surface area (Å²) in [5.41, 5.74) is 4.89. The maximum absolute atomic E-state index is 4.62. The minimum Gasteiger partial charge on any atom is -0.269 e. The highest BCUT2D eigenvalue weighted by atomic mass is 15.3. The van der Waals surface area contributed by atoms with Crippen LogP contribution in [0.25, 0.3) is 0 Å². The first-order valence-corrected chi connectivity index (χ1v) is 7.98. The first-order chi connectivity index (χ1) is 9.88. The summed E-state index contributed by atoms with van der Waals surface area (Å²) in [5.74, 6) is 0.523. The number of aromatic nitrogens is 4. The molecular weight excluding hydrogens is 260 g/mol. The van der Waals surface area contributed by atoms with Gasteiger partial charge in [-0.05, 0) is 58.6 Å². The van der Waals surface area contributed by atoms with Crippen LogP contribution in [0.3, 0.4) is 0 Å². The third-order valence-corrected chi connectivity index (χ3v) is 3.75. The van der Waals surface area contributed by atoms with Crippen molar-refractivity contribution in [3.63, 3.8) is 0 Å². The van der Waals surface area contributed by atoms with Crippen LogP contribution >= 0.6 is 0 Å². The van der Waals surface area contributed by atoms with Crippen LogP contribution in [0.4, 0.5) is 0 Å². The fourth-order valence-corrected chi connectivity index (χ4v) is 2.82. The van der Waals surface area contributed by atoms with Crippen LogP contribution < -0.4 is 0 Å². The smallest absolute Gasteiger partial charge is 0.0596 e. The quantitative estimate of drug-likeness (QED) is 0.804. The van der Waals surface area contributed by atoms with Gasteiger partial charge in [0.2, 0.25) is 0 Å². The molecule has 0 N–H and O–H groups in total.